The van der Waals surface area contributed by atoms with Gasteiger partial charge in [-0.2, -0.15) is 10.4 Å². The van der Waals surface area contributed by atoms with E-state index in [4.69, 9.17) is 5.26 Å². The van der Waals surface area contributed by atoms with Gasteiger partial charge in [-0.1, -0.05) is 0 Å². The monoisotopic (exact) mass is 329 g/mol. The molecule has 0 aromatic carbocycles. The van der Waals surface area contributed by atoms with Gasteiger partial charge < -0.3 is 15.0 Å². The number of amides is 1. The van der Waals surface area contributed by atoms with Crippen molar-refractivity contribution in [1.82, 2.24) is 30.0 Å². The van der Waals surface area contributed by atoms with Gasteiger partial charge in [0.25, 0.3) is 5.91 Å². The van der Waals surface area contributed by atoms with Gasteiger partial charge in [0.2, 0.25) is 0 Å². The summed E-state index contributed by atoms with van der Waals surface area (Å²) in [6, 6.07) is 3.51. The number of carbonyl (C=O) groups excluding carboxylic acids is 1. The number of carbonyl (C=O) groups is 1. The van der Waals surface area contributed by atoms with E-state index in [9.17, 15) is 9.90 Å². The van der Waals surface area contributed by atoms with Crippen molar-refractivity contribution in [3.05, 3.63) is 35.2 Å². The second-order valence-electron chi connectivity index (χ2n) is 5.89. The maximum atomic E-state index is 12.5. The number of aryl methyl sites for hydroxylation is 1. The molecule has 0 bridgehead atoms. The molecule has 3 N–H and O–H groups in total. The van der Waals surface area contributed by atoms with Crippen LogP contribution in [0.2, 0.25) is 0 Å². The Labute approximate surface area is 138 Å². The van der Waals surface area contributed by atoms with Crippen molar-refractivity contribution in [1.29, 1.82) is 5.26 Å². The van der Waals surface area contributed by atoms with E-state index in [0.29, 0.717) is 43.3 Å². The van der Waals surface area contributed by atoms with E-state index in [1.165, 1.54) is 12.3 Å². The van der Waals surface area contributed by atoms with Crippen molar-refractivity contribution in [3.63, 3.8) is 0 Å². The van der Waals surface area contributed by atoms with Crippen LogP contribution in [-0.2, 0) is 6.54 Å². The molecule has 0 aliphatic carbocycles. The fraction of sp³-hybridized carbons (Fsp3) is 0.467. The number of aliphatic hydroxyl groups excluding tert-OH is 1. The number of hydrogen-bond donors (Lipinski definition) is 3. The number of aliphatic hydroxyl groups is 1. The van der Waals surface area contributed by atoms with Crippen molar-refractivity contribution in [3.8, 4) is 6.07 Å². The summed E-state index contributed by atoms with van der Waals surface area (Å²) in [7, 11) is 0. The molecular weight excluding hydrogens is 310 g/mol. The minimum Gasteiger partial charge on any atom is -0.390 e. The summed E-state index contributed by atoms with van der Waals surface area (Å²) >= 11 is 0. The number of rotatable bonds is 3. The van der Waals surface area contributed by atoms with Crippen LogP contribution < -0.4 is 0 Å². The molecular formula is C15H19N7O2. The Morgan fingerprint density at radius 2 is 2.33 bits per heavy atom. The van der Waals surface area contributed by atoms with Gasteiger partial charge in [0, 0.05) is 32.4 Å². The van der Waals surface area contributed by atoms with Gasteiger partial charge in [-0.25, -0.2) is 4.98 Å². The third-order valence-corrected chi connectivity index (χ3v) is 3.92. The minimum absolute atomic E-state index is 0.217. The molecule has 1 saturated heterocycles. The number of β-amino-alcohol motifs (C(OH)–C–C–N with tert-alkyl or cyclic N) is 1. The molecule has 24 heavy (non-hydrogen) atoms. The molecule has 1 fully saturated rings. The SMILES string of the molecule is Cc1nc(CN2CCN(C(=O)c3cc(C#N)c[nH]3)CC(O)C2)n[nH]1. The molecule has 2 aromatic heterocycles. The zero-order chi connectivity index (χ0) is 17.1. The molecule has 0 spiro atoms. The zero-order valence-electron chi connectivity index (χ0n) is 13.4. The molecule has 9 heteroatoms. The maximum Gasteiger partial charge on any atom is 0.270 e. The average Bonchev–Trinajstić information content (AvgIpc) is 3.14. The van der Waals surface area contributed by atoms with Crippen LogP contribution in [0.4, 0.5) is 0 Å². The molecule has 1 atom stereocenters. The van der Waals surface area contributed by atoms with Gasteiger partial charge in [0.05, 0.1) is 18.2 Å². The van der Waals surface area contributed by atoms with Crippen molar-refractivity contribution < 1.29 is 9.90 Å². The predicted octanol–water partition coefficient (Wildman–Crippen LogP) is -0.368. The van der Waals surface area contributed by atoms with Crippen LogP contribution in [0, 0.1) is 18.3 Å². The van der Waals surface area contributed by atoms with Crippen LogP contribution in [0.1, 0.15) is 27.7 Å². The van der Waals surface area contributed by atoms with E-state index in [2.05, 4.69) is 20.2 Å². The summed E-state index contributed by atoms with van der Waals surface area (Å²) in [5.41, 5.74) is 0.770. The van der Waals surface area contributed by atoms with E-state index in [0.717, 1.165) is 5.82 Å². The lowest BCUT2D eigenvalue weighted by molar-refractivity contribution is 0.0658. The van der Waals surface area contributed by atoms with E-state index >= 15 is 0 Å². The van der Waals surface area contributed by atoms with Crippen molar-refractivity contribution >= 4 is 5.91 Å². The molecule has 2 aromatic rings. The van der Waals surface area contributed by atoms with Crippen LogP contribution in [0.25, 0.3) is 0 Å². The van der Waals surface area contributed by atoms with Crippen molar-refractivity contribution in [2.24, 2.45) is 0 Å². The molecule has 1 aliphatic heterocycles. The van der Waals surface area contributed by atoms with Crippen LogP contribution in [-0.4, -0.2) is 73.3 Å². The Balaban J connectivity index is 1.65. The quantitative estimate of drug-likeness (QED) is 0.706. The van der Waals surface area contributed by atoms with E-state index in [1.54, 1.807) is 4.90 Å². The lowest BCUT2D eigenvalue weighted by Gasteiger charge is -2.21. The Hall–Kier alpha value is -2.70. The molecule has 0 radical (unpaired) electrons. The predicted molar refractivity (Wildman–Crippen MR) is 83.8 cm³/mol. The number of nitrogens with zero attached hydrogens (tertiary/aromatic N) is 5. The fourth-order valence-electron chi connectivity index (χ4n) is 2.80. The molecule has 126 valence electrons. The molecule has 1 amide bonds. The second-order valence-corrected chi connectivity index (χ2v) is 5.89. The van der Waals surface area contributed by atoms with Gasteiger partial charge >= 0.3 is 0 Å². The summed E-state index contributed by atoms with van der Waals surface area (Å²) in [5, 5.41) is 26.0. The number of H-pyrrole nitrogens is 2. The standard InChI is InChI=1S/C15H19N7O2/c1-10-18-14(20-19-10)9-21-2-3-22(8-12(23)7-21)15(24)13-4-11(5-16)6-17-13/h4,6,12,17,23H,2-3,7-9H2,1H3,(H,18,19,20). The summed E-state index contributed by atoms with van der Waals surface area (Å²) in [4.78, 5) is 23.2. The molecule has 1 unspecified atom stereocenters. The van der Waals surface area contributed by atoms with Gasteiger partial charge in [0.15, 0.2) is 5.82 Å². The first-order valence-corrected chi connectivity index (χ1v) is 7.71. The second kappa shape index (κ2) is 6.82. The molecule has 1 aliphatic rings. The zero-order valence-corrected chi connectivity index (χ0v) is 13.4. The van der Waals surface area contributed by atoms with Crippen LogP contribution >= 0.6 is 0 Å². The summed E-state index contributed by atoms with van der Waals surface area (Å²) < 4.78 is 0. The van der Waals surface area contributed by atoms with Gasteiger partial charge in [-0.3, -0.25) is 14.8 Å². The molecule has 3 rings (SSSR count). The summed E-state index contributed by atoms with van der Waals surface area (Å²) in [6.45, 7) is 4.15. The topological polar surface area (TPSA) is 125 Å². The normalized spacial score (nSPS) is 19.0. The number of nitrogens with one attached hydrogen (secondary N) is 2. The first-order valence-electron chi connectivity index (χ1n) is 7.71. The Bertz CT molecular complexity index is 760. The summed E-state index contributed by atoms with van der Waals surface area (Å²) in [5.74, 6) is 1.20. The third-order valence-electron chi connectivity index (χ3n) is 3.92. The highest BCUT2D eigenvalue weighted by Gasteiger charge is 2.26. The number of hydrogen-bond acceptors (Lipinski definition) is 6. The van der Waals surface area contributed by atoms with Crippen molar-refractivity contribution in [2.75, 3.05) is 26.2 Å². The van der Waals surface area contributed by atoms with E-state index in [-0.39, 0.29) is 12.5 Å². The number of aromatic nitrogens is 4. The van der Waals surface area contributed by atoms with Gasteiger partial charge in [-0.05, 0) is 13.0 Å². The first kappa shape index (κ1) is 16.2. The highest BCUT2D eigenvalue weighted by atomic mass is 16.3. The Morgan fingerprint density at radius 3 is 3.00 bits per heavy atom. The molecule has 0 saturated carbocycles. The van der Waals surface area contributed by atoms with Gasteiger partial charge in [-0.15, -0.1) is 0 Å². The highest BCUT2D eigenvalue weighted by molar-refractivity contribution is 5.93. The average molecular weight is 329 g/mol. The van der Waals surface area contributed by atoms with Crippen LogP contribution in [0.3, 0.4) is 0 Å². The van der Waals surface area contributed by atoms with E-state index in [1.807, 2.05) is 17.9 Å². The Morgan fingerprint density at radius 1 is 1.50 bits per heavy atom. The first-order chi connectivity index (χ1) is 11.5. The third kappa shape index (κ3) is 3.61. The number of aromatic amines is 2. The highest BCUT2D eigenvalue weighted by Crippen LogP contribution is 2.11. The van der Waals surface area contributed by atoms with E-state index < -0.39 is 6.10 Å². The maximum absolute atomic E-state index is 12.5. The lowest BCUT2D eigenvalue weighted by Crippen LogP contribution is -2.37. The Kier molecular flexibility index (Phi) is 4.59. The molecule has 3 heterocycles. The van der Waals surface area contributed by atoms with Gasteiger partial charge in [0.1, 0.15) is 17.6 Å². The number of nitriles is 1. The largest absolute Gasteiger partial charge is 0.390 e. The van der Waals surface area contributed by atoms with Crippen LogP contribution in [0.15, 0.2) is 12.3 Å². The smallest absolute Gasteiger partial charge is 0.270 e. The fourth-order valence-corrected chi connectivity index (χ4v) is 2.80. The van der Waals surface area contributed by atoms with Crippen LogP contribution in [0.5, 0.6) is 0 Å². The van der Waals surface area contributed by atoms with Crippen molar-refractivity contribution in [2.45, 2.75) is 19.6 Å². The summed E-state index contributed by atoms with van der Waals surface area (Å²) in [6.07, 6.45) is 0.848. The minimum atomic E-state index is -0.651. The lowest BCUT2D eigenvalue weighted by atomic mass is 10.2. The molecule has 9 nitrogen and oxygen atoms in total.